The highest BCUT2D eigenvalue weighted by Crippen LogP contribution is 2.27. The molecular weight excluding hydrogens is 190 g/mol. The zero-order chi connectivity index (χ0) is 11.3. The summed E-state index contributed by atoms with van der Waals surface area (Å²) >= 11 is 0. The molecule has 15 heavy (non-hydrogen) atoms. The first kappa shape index (κ1) is 12.5. The molecule has 0 saturated heterocycles. The van der Waals surface area contributed by atoms with Gasteiger partial charge in [0.1, 0.15) is 0 Å². The first-order valence-electron chi connectivity index (χ1n) is 5.92. The van der Waals surface area contributed by atoms with Crippen molar-refractivity contribution in [2.75, 3.05) is 20.7 Å². The van der Waals surface area contributed by atoms with Crippen molar-refractivity contribution in [2.24, 2.45) is 5.92 Å². The average molecular weight is 213 g/mol. The molecule has 88 valence electrons. The molecule has 0 N–H and O–H groups in total. The van der Waals surface area contributed by atoms with Crippen molar-refractivity contribution in [2.45, 2.75) is 45.1 Å². The van der Waals surface area contributed by atoms with Crippen LogP contribution in [-0.2, 0) is 9.53 Å². The van der Waals surface area contributed by atoms with E-state index >= 15 is 0 Å². The summed E-state index contributed by atoms with van der Waals surface area (Å²) in [6.45, 7) is 3.14. The molecule has 1 rings (SSSR count). The van der Waals surface area contributed by atoms with Crippen molar-refractivity contribution in [3.63, 3.8) is 0 Å². The summed E-state index contributed by atoms with van der Waals surface area (Å²) in [6.07, 6.45) is 5.81. The lowest BCUT2D eigenvalue weighted by molar-refractivity contribution is -0.141. The molecule has 0 aromatic heterocycles. The van der Waals surface area contributed by atoms with Gasteiger partial charge in [-0.05, 0) is 25.8 Å². The third-order valence-corrected chi connectivity index (χ3v) is 3.53. The Morgan fingerprint density at radius 1 is 1.40 bits per heavy atom. The molecule has 0 aliphatic heterocycles. The fourth-order valence-corrected chi connectivity index (χ4v) is 2.49. The molecule has 0 amide bonds. The summed E-state index contributed by atoms with van der Waals surface area (Å²) in [4.78, 5) is 13.4. The fraction of sp³-hybridized carbons (Fsp3) is 0.917. The second kappa shape index (κ2) is 6.11. The van der Waals surface area contributed by atoms with E-state index in [2.05, 4.69) is 23.6 Å². The summed E-state index contributed by atoms with van der Waals surface area (Å²) in [7, 11) is 3.57. The molecule has 3 heteroatoms. The van der Waals surface area contributed by atoms with Crippen LogP contribution in [0.15, 0.2) is 0 Å². The van der Waals surface area contributed by atoms with Crippen LogP contribution in [0.5, 0.6) is 0 Å². The molecule has 1 fully saturated rings. The maximum atomic E-state index is 11.0. The maximum absolute atomic E-state index is 11.0. The molecule has 3 nitrogen and oxygen atoms in total. The Morgan fingerprint density at radius 2 is 2.07 bits per heavy atom. The molecule has 0 radical (unpaired) electrons. The minimum atomic E-state index is -0.106. The highest BCUT2D eigenvalue weighted by Gasteiger charge is 2.24. The SMILES string of the molecule is COC(=O)CCN(C)C1CCCCC1C. The first-order chi connectivity index (χ1) is 7.15. The Bertz CT molecular complexity index is 206. The fourth-order valence-electron chi connectivity index (χ4n) is 2.49. The molecule has 2 unspecified atom stereocenters. The third-order valence-electron chi connectivity index (χ3n) is 3.53. The van der Waals surface area contributed by atoms with Crippen molar-refractivity contribution < 1.29 is 9.53 Å². The Kier molecular flexibility index (Phi) is 5.09. The van der Waals surface area contributed by atoms with Crippen LogP contribution in [0.25, 0.3) is 0 Å². The molecular formula is C12H23NO2. The number of carbonyl (C=O) groups is 1. The van der Waals surface area contributed by atoms with Gasteiger partial charge >= 0.3 is 5.97 Å². The highest BCUT2D eigenvalue weighted by molar-refractivity contribution is 5.69. The minimum Gasteiger partial charge on any atom is -0.469 e. The van der Waals surface area contributed by atoms with E-state index in [1.807, 2.05) is 0 Å². The number of ether oxygens (including phenoxy) is 1. The van der Waals surface area contributed by atoms with Crippen LogP contribution in [0.1, 0.15) is 39.0 Å². The Hall–Kier alpha value is -0.570. The van der Waals surface area contributed by atoms with E-state index < -0.39 is 0 Å². The van der Waals surface area contributed by atoms with Crippen molar-refractivity contribution in [1.29, 1.82) is 0 Å². The molecule has 2 atom stereocenters. The highest BCUT2D eigenvalue weighted by atomic mass is 16.5. The Labute approximate surface area is 92.8 Å². The van der Waals surface area contributed by atoms with Gasteiger partial charge in [0, 0.05) is 12.6 Å². The lowest BCUT2D eigenvalue weighted by Gasteiger charge is -2.36. The van der Waals surface area contributed by atoms with Gasteiger partial charge in [-0.3, -0.25) is 4.79 Å². The van der Waals surface area contributed by atoms with Gasteiger partial charge in [-0.25, -0.2) is 0 Å². The van der Waals surface area contributed by atoms with E-state index in [0.29, 0.717) is 12.5 Å². The van der Waals surface area contributed by atoms with E-state index in [9.17, 15) is 4.79 Å². The zero-order valence-electron chi connectivity index (χ0n) is 10.2. The van der Waals surface area contributed by atoms with Crippen molar-refractivity contribution in [1.82, 2.24) is 4.90 Å². The van der Waals surface area contributed by atoms with Gasteiger partial charge in [-0.1, -0.05) is 19.8 Å². The van der Waals surface area contributed by atoms with Crippen LogP contribution < -0.4 is 0 Å². The maximum Gasteiger partial charge on any atom is 0.306 e. The Morgan fingerprint density at radius 3 is 2.67 bits per heavy atom. The largest absolute Gasteiger partial charge is 0.469 e. The normalized spacial score (nSPS) is 26.7. The summed E-state index contributed by atoms with van der Waals surface area (Å²) < 4.78 is 4.65. The molecule has 0 aromatic rings. The molecule has 0 spiro atoms. The summed E-state index contributed by atoms with van der Waals surface area (Å²) in [6, 6.07) is 0.656. The van der Waals surface area contributed by atoms with Crippen molar-refractivity contribution >= 4 is 5.97 Å². The number of carbonyl (C=O) groups excluding carboxylic acids is 1. The molecule has 0 bridgehead atoms. The van der Waals surface area contributed by atoms with E-state index in [0.717, 1.165) is 12.5 Å². The lowest BCUT2D eigenvalue weighted by Crippen LogP contribution is -2.40. The van der Waals surface area contributed by atoms with Crippen LogP contribution in [0.3, 0.4) is 0 Å². The second-order valence-corrected chi connectivity index (χ2v) is 4.64. The van der Waals surface area contributed by atoms with E-state index in [4.69, 9.17) is 0 Å². The molecule has 1 aliphatic carbocycles. The number of methoxy groups -OCH3 is 1. The van der Waals surface area contributed by atoms with Crippen LogP contribution in [0, 0.1) is 5.92 Å². The summed E-state index contributed by atoms with van der Waals surface area (Å²) in [5.74, 6) is 0.659. The standard InChI is InChI=1S/C12H23NO2/c1-10-6-4-5-7-11(10)13(2)9-8-12(14)15-3/h10-11H,4-9H2,1-3H3. The molecule has 0 aromatic carbocycles. The van der Waals surface area contributed by atoms with Gasteiger partial charge in [0.25, 0.3) is 0 Å². The topological polar surface area (TPSA) is 29.5 Å². The van der Waals surface area contributed by atoms with Gasteiger partial charge < -0.3 is 9.64 Å². The van der Waals surface area contributed by atoms with Crippen LogP contribution in [0.4, 0.5) is 0 Å². The van der Waals surface area contributed by atoms with Gasteiger partial charge in [0.2, 0.25) is 0 Å². The Balaban J connectivity index is 2.31. The van der Waals surface area contributed by atoms with Crippen LogP contribution in [0.2, 0.25) is 0 Å². The monoisotopic (exact) mass is 213 g/mol. The van der Waals surface area contributed by atoms with Gasteiger partial charge in [-0.15, -0.1) is 0 Å². The lowest BCUT2D eigenvalue weighted by atomic mass is 9.85. The van der Waals surface area contributed by atoms with Gasteiger partial charge in [-0.2, -0.15) is 0 Å². The molecule has 1 aliphatic rings. The van der Waals surface area contributed by atoms with Crippen LogP contribution >= 0.6 is 0 Å². The first-order valence-corrected chi connectivity index (χ1v) is 5.92. The molecule has 1 saturated carbocycles. The van der Waals surface area contributed by atoms with Gasteiger partial charge in [0.05, 0.1) is 13.5 Å². The van der Waals surface area contributed by atoms with Gasteiger partial charge in [0.15, 0.2) is 0 Å². The second-order valence-electron chi connectivity index (χ2n) is 4.64. The van der Waals surface area contributed by atoms with E-state index in [-0.39, 0.29) is 5.97 Å². The third kappa shape index (κ3) is 3.82. The quantitative estimate of drug-likeness (QED) is 0.669. The average Bonchev–Trinajstić information content (AvgIpc) is 2.26. The smallest absolute Gasteiger partial charge is 0.306 e. The predicted molar refractivity (Wildman–Crippen MR) is 60.7 cm³/mol. The number of rotatable bonds is 4. The zero-order valence-corrected chi connectivity index (χ0v) is 10.2. The number of hydrogen-bond donors (Lipinski definition) is 0. The molecule has 0 heterocycles. The van der Waals surface area contributed by atoms with Crippen molar-refractivity contribution in [3.8, 4) is 0 Å². The minimum absolute atomic E-state index is 0.106. The predicted octanol–water partition coefficient (Wildman–Crippen LogP) is 2.06. The van der Waals surface area contributed by atoms with E-state index in [1.54, 1.807) is 0 Å². The van der Waals surface area contributed by atoms with Crippen LogP contribution in [-0.4, -0.2) is 37.6 Å². The number of nitrogens with zero attached hydrogens (tertiary/aromatic N) is 1. The number of esters is 1. The van der Waals surface area contributed by atoms with Crippen molar-refractivity contribution in [3.05, 3.63) is 0 Å². The summed E-state index contributed by atoms with van der Waals surface area (Å²) in [5.41, 5.74) is 0. The summed E-state index contributed by atoms with van der Waals surface area (Å²) in [5, 5.41) is 0. The number of hydrogen-bond acceptors (Lipinski definition) is 3. The van der Waals surface area contributed by atoms with E-state index in [1.165, 1.54) is 32.8 Å².